The van der Waals surface area contributed by atoms with Gasteiger partial charge in [0.2, 0.25) is 5.91 Å². The number of nitrogens with zero attached hydrogens (tertiary/aromatic N) is 2. The molecule has 1 heterocycles. The van der Waals surface area contributed by atoms with Crippen LogP contribution in [0.5, 0.6) is 0 Å². The Hall–Kier alpha value is -2.66. The van der Waals surface area contributed by atoms with E-state index in [1.54, 1.807) is 46.2 Å². The highest BCUT2D eigenvalue weighted by atomic mass is 35.5. The number of rotatable bonds is 5. The summed E-state index contributed by atoms with van der Waals surface area (Å²) in [6.45, 7) is 1.91. The van der Waals surface area contributed by atoms with Crippen molar-refractivity contribution >= 4 is 29.2 Å². The van der Waals surface area contributed by atoms with Crippen LogP contribution in [0.25, 0.3) is 0 Å². The minimum absolute atomic E-state index is 0.0290. The van der Waals surface area contributed by atoms with Gasteiger partial charge in [-0.2, -0.15) is 0 Å². The van der Waals surface area contributed by atoms with E-state index >= 15 is 0 Å². The van der Waals surface area contributed by atoms with Gasteiger partial charge in [-0.15, -0.1) is 0 Å². The fourth-order valence-electron chi connectivity index (χ4n) is 3.11. The summed E-state index contributed by atoms with van der Waals surface area (Å²) in [5.74, 6) is -0.156. The van der Waals surface area contributed by atoms with E-state index in [2.05, 4.69) is 0 Å². The number of piperazine rings is 1. The van der Waals surface area contributed by atoms with E-state index < -0.39 is 0 Å². The van der Waals surface area contributed by atoms with E-state index in [0.29, 0.717) is 42.3 Å². The summed E-state index contributed by atoms with van der Waals surface area (Å²) in [7, 11) is 0. The number of Topliss-reactive ketones (excluding diaryl/α,β-unsaturated/α-hetero) is 1. The van der Waals surface area contributed by atoms with Gasteiger partial charge in [-0.25, -0.2) is 0 Å². The minimum atomic E-state index is -0.0798. The topological polar surface area (TPSA) is 57.7 Å². The maximum Gasteiger partial charge on any atom is 0.254 e. The number of hydrogen-bond donors (Lipinski definition) is 0. The van der Waals surface area contributed by atoms with Gasteiger partial charge in [0.1, 0.15) is 0 Å². The smallest absolute Gasteiger partial charge is 0.254 e. The zero-order valence-corrected chi connectivity index (χ0v) is 15.7. The Morgan fingerprint density at radius 2 is 1.41 bits per heavy atom. The molecule has 1 aliphatic heterocycles. The van der Waals surface area contributed by atoms with Crippen molar-refractivity contribution in [2.75, 3.05) is 26.2 Å². The number of halogens is 1. The molecule has 0 bridgehead atoms. The van der Waals surface area contributed by atoms with Gasteiger partial charge >= 0.3 is 0 Å². The Kier molecular flexibility index (Phi) is 6.24. The Bertz CT molecular complexity index is 830. The first-order chi connectivity index (χ1) is 13.0. The highest BCUT2D eigenvalue weighted by molar-refractivity contribution is 6.30. The molecular weight excluding hydrogens is 364 g/mol. The molecule has 1 fully saturated rings. The fourth-order valence-corrected chi connectivity index (χ4v) is 3.30. The number of amides is 2. The first-order valence-electron chi connectivity index (χ1n) is 8.95. The molecule has 27 heavy (non-hydrogen) atoms. The Labute approximate surface area is 163 Å². The van der Waals surface area contributed by atoms with Crippen molar-refractivity contribution in [3.05, 3.63) is 70.7 Å². The van der Waals surface area contributed by atoms with Crippen molar-refractivity contribution in [2.24, 2.45) is 0 Å². The van der Waals surface area contributed by atoms with Crippen molar-refractivity contribution in [3.63, 3.8) is 0 Å². The van der Waals surface area contributed by atoms with Crippen LogP contribution in [0.15, 0.2) is 54.6 Å². The standard InChI is InChI=1S/C21H21ClN2O3/c22-18-8-4-7-17(15-18)21(27)24-13-11-23(12-14-24)20(26)10-9-19(25)16-5-2-1-3-6-16/h1-8,15H,9-14H2. The Balaban J connectivity index is 1.48. The van der Waals surface area contributed by atoms with Crippen LogP contribution in [0, 0.1) is 0 Å². The number of carbonyl (C=O) groups is 3. The number of ketones is 1. The molecule has 0 saturated carbocycles. The van der Waals surface area contributed by atoms with Gasteiger partial charge in [-0.05, 0) is 18.2 Å². The zero-order chi connectivity index (χ0) is 19.2. The Morgan fingerprint density at radius 3 is 2.07 bits per heavy atom. The molecule has 1 aliphatic rings. The van der Waals surface area contributed by atoms with Crippen LogP contribution in [-0.4, -0.2) is 53.6 Å². The molecule has 3 rings (SSSR count). The minimum Gasteiger partial charge on any atom is -0.339 e. The maximum atomic E-state index is 12.5. The SMILES string of the molecule is O=C(CCC(=O)N1CCN(C(=O)c2cccc(Cl)c2)CC1)c1ccccc1. The van der Waals surface area contributed by atoms with Crippen LogP contribution in [0.2, 0.25) is 5.02 Å². The van der Waals surface area contributed by atoms with Gasteiger partial charge in [0.25, 0.3) is 5.91 Å². The predicted molar refractivity (Wildman–Crippen MR) is 104 cm³/mol. The third-order valence-corrected chi connectivity index (χ3v) is 4.89. The molecule has 6 heteroatoms. The fraction of sp³-hybridized carbons (Fsp3) is 0.286. The molecule has 2 aromatic rings. The van der Waals surface area contributed by atoms with Crippen LogP contribution in [0.1, 0.15) is 33.6 Å². The second-order valence-electron chi connectivity index (χ2n) is 6.47. The van der Waals surface area contributed by atoms with Crippen LogP contribution in [0.3, 0.4) is 0 Å². The summed E-state index contributed by atoms with van der Waals surface area (Å²) in [5, 5.41) is 0.526. The van der Waals surface area contributed by atoms with Gasteiger partial charge in [-0.3, -0.25) is 14.4 Å². The first kappa shape index (κ1) is 19.1. The molecule has 2 amide bonds. The van der Waals surface area contributed by atoms with Gasteiger partial charge in [0.15, 0.2) is 5.78 Å². The van der Waals surface area contributed by atoms with Crippen LogP contribution < -0.4 is 0 Å². The highest BCUT2D eigenvalue weighted by Crippen LogP contribution is 2.15. The quantitative estimate of drug-likeness (QED) is 0.743. The molecule has 0 atom stereocenters. The third kappa shape index (κ3) is 4.95. The maximum absolute atomic E-state index is 12.5. The molecule has 0 aliphatic carbocycles. The van der Waals surface area contributed by atoms with E-state index in [4.69, 9.17) is 11.6 Å². The average molecular weight is 385 g/mol. The van der Waals surface area contributed by atoms with E-state index in [1.165, 1.54) is 0 Å². The van der Waals surface area contributed by atoms with Crippen LogP contribution in [-0.2, 0) is 4.79 Å². The second-order valence-corrected chi connectivity index (χ2v) is 6.91. The van der Waals surface area contributed by atoms with E-state index in [0.717, 1.165) is 0 Å². The molecule has 2 aromatic carbocycles. The molecule has 0 spiro atoms. The first-order valence-corrected chi connectivity index (χ1v) is 9.33. The second kappa shape index (κ2) is 8.82. The summed E-state index contributed by atoms with van der Waals surface area (Å²) in [4.78, 5) is 40.5. The van der Waals surface area contributed by atoms with Crippen LogP contribution >= 0.6 is 11.6 Å². The largest absolute Gasteiger partial charge is 0.339 e. The molecule has 140 valence electrons. The number of benzene rings is 2. The van der Waals surface area contributed by atoms with Crippen molar-refractivity contribution in [2.45, 2.75) is 12.8 Å². The zero-order valence-electron chi connectivity index (χ0n) is 14.9. The molecule has 0 aromatic heterocycles. The average Bonchev–Trinajstić information content (AvgIpc) is 2.72. The summed E-state index contributed by atoms with van der Waals surface area (Å²) >= 11 is 5.95. The molecule has 0 radical (unpaired) electrons. The molecule has 1 saturated heterocycles. The monoisotopic (exact) mass is 384 g/mol. The lowest BCUT2D eigenvalue weighted by molar-refractivity contribution is -0.132. The van der Waals surface area contributed by atoms with Gasteiger partial charge < -0.3 is 9.80 Å². The lowest BCUT2D eigenvalue weighted by Gasteiger charge is -2.35. The molecule has 0 unspecified atom stereocenters. The lowest BCUT2D eigenvalue weighted by atomic mass is 10.1. The molecular formula is C21H21ClN2O3. The van der Waals surface area contributed by atoms with E-state index in [1.807, 2.05) is 18.2 Å². The third-order valence-electron chi connectivity index (χ3n) is 4.65. The Morgan fingerprint density at radius 1 is 0.778 bits per heavy atom. The summed E-state index contributed by atoms with van der Waals surface area (Å²) in [6.07, 6.45) is 0.389. The van der Waals surface area contributed by atoms with E-state index in [-0.39, 0.29) is 30.4 Å². The van der Waals surface area contributed by atoms with Crippen molar-refractivity contribution in [3.8, 4) is 0 Å². The number of hydrogen-bond acceptors (Lipinski definition) is 3. The molecule has 0 N–H and O–H groups in total. The van der Waals surface area contributed by atoms with Crippen molar-refractivity contribution in [1.29, 1.82) is 0 Å². The normalized spacial score (nSPS) is 14.1. The summed E-state index contributed by atoms with van der Waals surface area (Å²) in [5.41, 5.74) is 1.18. The lowest BCUT2D eigenvalue weighted by Crippen LogP contribution is -2.50. The van der Waals surface area contributed by atoms with Crippen LogP contribution in [0.4, 0.5) is 0 Å². The van der Waals surface area contributed by atoms with Crippen molar-refractivity contribution in [1.82, 2.24) is 9.80 Å². The highest BCUT2D eigenvalue weighted by Gasteiger charge is 2.25. The van der Waals surface area contributed by atoms with Gasteiger partial charge in [0.05, 0.1) is 0 Å². The van der Waals surface area contributed by atoms with E-state index in [9.17, 15) is 14.4 Å². The molecule has 5 nitrogen and oxygen atoms in total. The number of carbonyl (C=O) groups excluding carboxylic acids is 3. The van der Waals surface area contributed by atoms with Gasteiger partial charge in [0, 0.05) is 55.2 Å². The summed E-state index contributed by atoms with van der Waals surface area (Å²) in [6, 6.07) is 15.9. The van der Waals surface area contributed by atoms with Gasteiger partial charge in [-0.1, -0.05) is 48.0 Å². The predicted octanol–water partition coefficient (Wildman–Crippen LogP) is 3.29. The summed E-state index contributed by atoms with van der Waals surface area (Å²) < 4.78 is 0. The van der Waals surface area contributed by atoms with Crippen molar-refractivity contribution < 1.29 is 14.4 Å².